The molecule has 0 unspecified atom stereocenters. The summed E-state index contributed by atoms with van der Waals surface area (Å²) in [5.74, 6) is 13.5. The molecule has 0 atom stereocenters. The van der Waals surface area contributed by atoms with Crippen LogP contribution in [0, 0.1) is 17.8 Å². The average Bonchev–Trinajstić information content (AvgIpc) is 3.37. The van der Waals surface area contributed by atoms with Crippen LogP contribution in [0.25, 0.3) is 0 Å². The van der Waals surface area contributed by atoms with Gasteiger partial charge in [-0.1, -0.05) is 23.4 Å². The Labute approximate surface area is 147 Å². The van der Waals surface area contributed by atoms with Gasteiger partial charge in [0.05, 0.1) is 16.4 Å². The minimum Gasteiger partial charge on any atom is -0.385 e. The van der Waals surface area contributed by atoms with Crippen molar-refractivity contribution in [1.29, 1.82) is 0 Å². The number of hydrogen-bond acceptors (Lipinski definition) is 5. The van der Waals surface area contributed by atoms with Crippen LogP contribution in [-0.2, 0) is 0 Å². The van der Waals surface area contributed by atoms with E-state index in [1.165, 1.54) is 12.8 Å². The molecule has 1 saturated carbocycles. The highest BCUT2D eigenvalue weighted by Crippen LogP contribution is 2.37. The summed E-state index contributed by atoms with van der Waals surface area (Å²) < 4.78 is 0. The van der Waals surface area contributed by atoms with Gasteiger partial charge in [-0.05, 0) is 43.0 Å². The number of nitrogen functional groups attached to an aromatic ring is 1. The Morgan fingerprint density at radius 2 is 2.12 bits per heavy atom. The number of rotatable bonds is 4. The molecule has 5 nitrogen and oxygen atoms in total. The van der Waals surface area contributed by atoms with Crippen molar-refractivity contribution >= 4 is 28.8 Å². The predicted octanol–water partition coefficient (Wildman–Crippen LogP) is 2.85. The van der Waals surface area contributed by atoms with E-state index >= 15 is 0 Å². The number of anilines is 3. The zero-order valence-electron chi connectivity index (χ0n) is 13.5. The number of aromatic nitrogens is 1. The lowest BCUT2D eigenvalue weighted by Gasteiger charge is -2.22. The van der Waals surface area contributed by atoms with E-state index in [1.807, 2.05) is 25.2 Å². The van der Waals surface area contributed by atoms with Crippen molar-refractivity contribution in [1.82, 2.24) is 4.98 Å². The number of nitrogens with two attached hydrogens (primary N) is 2. The van der Waals surface area contributed by atoms with Crippen molar-refractivity contribution < 1.29 is 0 Å². The Bertz CT molecular complexity index is 805. The molecule has 0 spiro atoms. The number of benzene rings is 1. The molecule has 6 heteroatoms. The van der Waals surface area contributed by atoms with Gasteiger partial charge in [0, 0.05) is 30.9 Å². The molecule has 5 N–H and O–H groups in total. The van der Waals surface area contributed by atoms with Crippen molar-refractivity contribution in [3.63, 3.8) is 0 Å². The minimum absolute atomic E-state index is 0.443. The molecule has 1 aromatic heterocycles. The van der Waals surface area contributed by atoms with Crippen LogP contribution < -0.4 is 21.9 Å². The van der Waals surface area contributed by atoms with E-state index in [2.05, 4.69) is 22.1 Å². The predicted molar refractivity (Wildman–Crippen MR) is 99.9 cm³/mol. The van der Waals surface area contributed by atoms with Crippen LogP contribution in [0.5, 0.6) is 0 Å². The number of pyridine rings is 1. The monoisotopic (exact) mass is 341 g/mol. The Balaban J connectivity index is 1.90. The molecular weight excluding hydrogens is 322 g/mol. The van der Waals surface area contributed by atoms with Crippen molar-refractivity contribution in [2.45, 2.75) is 12.8 Å². The van der Waals surface area contributed by atoms with Gasteiger partial charge in [0.1, 0.15) is 5.82 Å². The molecule has 0 radical (unpaired) electrons. The van der Waals surface area contributed by atoms with Crippen LogP contribution in [0.15, 0.2) is 30.5 Å². The molecule has 24 heavy (non-hydrogen) atoms. The molecule has 1 heterocycles. The lowest BCUT2D eigenvalue weighted by Crippen LogP contribution is -2.33. The fourth-order valence-corrected chi connectivity index (χ4v) is 2.78. The average molecular weight is 342 g/mol. The zero-order valence-corrected chi connectivity index (χ0v) is 14.3. The van der Waals surface area contributed by atoms with Gasteiger partial charge in [0.25, 0.3) is 0 Å². The highest BCUT2D eigenvalue weighted by molar-refractivity contribution is 6.35. The van der Waals surface area contributed by atoms with Crippen molar-refractivity contribution in [3.8, 4) is 11.8 Å². The van der Waals surface area contributed by atoms with E-state index in [-0.39, 0.29) is 0 Å². The van der Waals surface area contributed by atoms with Gasteiger partial charge in [0.2, 0.25) is 0 Å². The molecule has 124 valence electrons. The Morgan fingerprint density at radius 1 is 1.33 bits per heavy atom. The largest absolute Gasteiger partial charge is 0.385 e. The molecular formula is C18H20ClN5. The van der Waals surface area contributed by atoms with E-state index in [1.54, 1.807) is 17.3 Å². The van der Waals surface area contributed by atoms with Crippen LogP contribution in [0.1, 0.15) is 24.0 Å². The summed E-state index contributed by atoms with van der Waals surface area (Å²) >= 11 is 6.52. The van der Waals surface area contributed by atoms with E-state index in [0.717, 1.165) is 29.0 Å². The summed E-state index contributed by atoms with van der Waals surface area (Å²) in [6.45, 7) is 0.840. The van der Waals surface area contributed by atoms with Gasteiger partial charge in [0.15, 0.2) is 0 Å². The van der Waals surface area contributed by atoms with Crippen LogP contribution >= 0.6 is 11.6 Å². The SMILES string of the molecule is CNc1c(N(N)CC2CC2)ccc(C#Cc2ccnc(N)c2)c1Cl. The van der Waals surface area contributed by atoms with Crippen LogP contribution in [0.4, 0.5) is 17.2 Å². The first-order valence-electron chi connectivity index (χ1n) is 7.84. The van der Waals surface area contributed by atoms with Gasteiger partial charge in [-0.15, -0.1) is 0 Å². The summed E-state index contributed by atoms with van der Waals surface area (Å²) in [5.41, 5.74) is 8.87. The highest BCUT2D eigenvalue weighted by atomic mass is 35.5. The summed E-state index contributed by atoms with van der Waals surface area (Å²) in [7, 11) is 1.83. The summed E-state index contributed by atoms with van der Waals surface area (Å²) in [4.78, 5) is 3.95. The lowest BCUT2D eigenvalue weighted by molar-refractivity contribution is 0.751. The normalized spacial score (nSPS) is 13.1. The number of halogens is 1. The second-order valence-corrected chi connectivity index (χ2v) is 6.26. The highest BCUT2D eigenvalue weighted by Gasteiger charge is 2.24. The number of nitrogens with one attached hydrogen (secondary N) is 1. The third-order valence-corrected chi connectivity index (χ3v) is 4.35. The van der Waals surface area contributed by atoms with E-state index in [4.69, 9.17) is 23.2 Å². The van der Waals surface area contributed by atoms with Crippen LogP contribution in [-0.4, -0.2) is 18.6 Å². The van der Waals surface area contributed by atoms with Crippen molar-refractivity contribution in [2.24, 2.45) is 11.8 Å². The molecule has 0 saturated heterocycles. The molecule has 1 aliphatic carbocycles. The molecule has 1 aromatic carbocycles. The second kappa shape index (κ2) is 7.00. The number of hydrazine groups is 1. The summed E-state index contributed by atoms with van der Waals surface area (Å²) in [5, 5.41) is 5.46. The van der Waals surface area contributed by atoms with Crippen LogP contribution in [0.3, 0.4) is 0 Å². The quantitative estimate of drug-likeness (QED) is 0.452. The Morgan fingerprint density at radius 3 is 2.79 bits per heavy atom. The van der Waals surface area contributed by atoms with Gasteiger partial charge >= 0.3 is 0 Å². The number of hydrogen-bond donors (Lipinski definition) is 3. The first-order chi connectivity index (χ1) is 11.6. The maximum atomic E-state index is 6.52. The topological polar surface area (TPSA) is 80.2 Å². The van der Waals surface area contributed by atoms with Crippen LogP contribution in [0.2, 0.25) is 5.02 Å². The zero-order chi connectivity index (χ0) is 17.1. The first kappa shape index (κ1) is 16.4. The van der Waals surface area contributed by atoms with E-state index < -0.39 is 0 Å². The third kappa shape index (κ3) is 3.73. The van der Waals surface area contributed by atoms with Gasteiger partial charge in [-0.25, -0.2) is 10.8 Å². The molecule has 0 bridgehead atoms. The summed E-state index contributed by atoms with van der Waals surface area (Å²) in [6.07, 6.45) is 4.12. The standard InChI is InChI=1S/C18H20ClN5/c1-22-18-15(24(21)11-13-2-3-13)7-6-14(17(18)19)5-4-12-8-9-23-16(20)10-12/h6-10,13,22H,2-3,11,21H2,1H3,(H2,20,23). The molecule has 0 amide bonds. The van der Waals surface area contributed by atoms with Gasteiger partial charge in [-0.2, -0.15) is 0 Å². The van der Waals surface area contributed by atoms with Crippen molar-refractivity contribution in [2.75, 3.05) is 29.7 Å². The molecule has 1 aliphatic rings. The smallest absolute Gasteiger partial charge is 0.124 e. The third-order valence-electron chi connectivity index (χ3n) is 3.95. The van der Waals surface area contributed by atoms with E-state index in [9.17, 15) is 0 Å². The first-order valence-corrected chi connectivity index (χ1v) is 8.22. The second-order valence-electron chi connectivity index (χ2n) is 5.89. The Hall–Kier alpha value is -2.42. The fraction of sp³-hybridized carbons (Fsp3) is 0.278. The number of nitrogens with zero attached hydrogens (tertiary/aromatic N) is 2. The molecule has 1 fully saturated rings. The van der Waals surface area contributed by atoms with Gasteiger partial charge in [-0.3, -0.25) is 0 Å². The Kier molecular flexibility index (Phi) is 4.79. The van der Waals surface area contributed by atoms with Crippen molar-refractivity contribution in [3.05, 3.63) is 46.6 Å². The fourth-order valence-electron chi connectivity index (χ4n) is 2.48. The molecule has 2 aromatic rings. The van der Waals surface area contributed by atoms with E-state index in [0.29, 0.717) is 16.8 Å². The maximum Gasteiger partial charge on any atom is 0.124 e. The maximum absolute atomic E-state index is 6.52. The van der Waals surface area contributed by atoms with Gasteiger partial charge < -0.3 is 16.1 Å². The molecule has 0 aliphatic heterocycles. The molecule has 3 rings (SSSR count). The summed E-state index contributed by atoms with van der Waals surface area (Å²) in [6, 6.07) is 7.38. The lowest BCUT2D eigenvalue weighted by atomic mass is 10.1. The minimum atomic E-state index is 0.443.